The molecule has 1 saturated carbocycles. The van der Waals surface area contributed by atoms with Crippen LogP contribution in [0.15, 0.2) is 24.3 Å². The Labute approximate surface area is 149 Å². The molecule has 0 radical (unpaired) electrons. The first-order valence-corrected chi connectivity index (χ1v) is 10.6. The third-order valence-corrected chi connectivity index (χ3v) is 5.95. The van der Waals surface area contributed by atoms with Crippen molar-refractivity contribution in [1.82, 2.24) is 9.62 Å². The van der Waals surface area contributed by atoms with Crippen molar-refractivity contribution in [3.05, 3.63) is 34.9 Å². The summed E-state index contributed by atoms with van der Waals surface area (Å²) in [4.78, 5) is 12.0. The van der Waals surface area contributed by atoms with E-state index in [1.165, 1.54) is 10.6 Å². The molecule has 0 heterocycles. The summed E-state index contributed by atoms with van der Waals surface area (Å²) >= 11 is 5.83. The first kappa shape index (κ1) is 19.2. The van der Waals surface area contributed by atoms with E-state index in [2.05, 4.69) is 5.32 Å². The normalized spacial score (nSPS) is 15.8. The van der Waals surface area contributed by atoms with Crippen LogP contribution in [0.4, 0.5) is 0 Å². The third-order valence-electron chi connectivity index (χ3n) is 4.37. The van der Waals surface area contributed by atoms with E-state index >= 15 is 0 Å². The molecule has 0 unspecified atom stereocenters. The average molecular weight is 373 g/mol. The second-order valence-electron chi connectivity index (χ2n) is 6.29. The molecule has 1 aromatic carbocycles. The molecule has 1 aliphatic carbocycles. The molecule has 134 valence electrons. The van der Waals surface area contributed by atoms with Crippen LogP contribution in [0.25, 0.3) is 0 Å². The van der Waals surface area contributed by atoms with Gasteiger partial charge in [0.15, 0.2) is 0 Å². The highest BCUT2D eigenvalue weighted by Crippen LogP contribution is 2.25. The molecule has 1 aliphatic rings. The smallest absolute Gasteiger partial charge is 0.221 e. The van der Waals surface area contributed by atoms with Gasteiger partial charge in [-0.3, -0.25) is 4.79 Å². The number of carbonyl (C=O) groups is 1. The number of nitrogens with one attached hydrogen (secondary N) is 1. The van der Waals surface area contributed by atoms with Gasteiger partial charge in [-0.1, -0.05) is 36.6 Å². The number of benzene rings is 1. The van der Waals surface area contributed by atoms with Crippen molar-refractivity contribution in [2.75, 3.05) is 19.3 Å². The zero-order valence-electron chi connectivity index (χ0n) is 14.0. The Kier molecular flexibility index (Phi) is 7.07. The first-order chi connectivity index (χ1) is 11.4. The van der Waals surface area contributed by atoms with E-state index in [0.29, 0.717) is 11.6 Å². The van der Waals surface area contributed by atoms with Gasteiger partial charge in [0.2, 0.25) is 15.9 Å². The van der Waals surface area contributed by atoms with Gasteiger partial charge in [0.05, 0.1) is 6.26 Å². The lowest BCUT2D eigenvalue weighted by molar-refractivity contribution is -0.121. The molecule has 1 amide bonds. The van der Waals surface area contributed by atoms with Gasteiger partial charge in [-0.25, -0.2) is 8.42 Å². The lowest BCUT2D eigenvalue weighted by Gasteiger charge is -2.26. The average Bonchev–Trinajstić information content (AvgIpc) is 3.02. The second kappa shape index (κ2) is 8.83. The molecule has 1 fully saturated rings. The van der Waals surface area contributed by atoms with Gasteiger partial charge in [-0.15, -0.1) is 0 Å². The number of nitrogens with zero attached hydrogens (tertiary/aromatic N) is 1. The van der Waals surface area contributed by atoms with E-state index in [9.17, 15) is 13.2 Å². The van der Waals surface area contributed by atoms with Crippen LogP contribution in [0.5, 0.6) is 0 Å². The molecule has 0 aliphatic heterocycles. The third kappa shape index (κ3) is 6.07. The van der Waals surface area contributed by atoms with Crippen molar-refractivity contribution in [1.29, 1.82) is 0 Å². The fraction of sp³-hybridized carbons (Fsp3) is 0.588. The number of sulfonamides is 1. The first-order valence-electron chi connectivity index (χ1n) is 8.34. The highest BCUT2D eigenvalue weighted by atomic mass is 35.5. The predicted molar refractivity (Wildman–Crippen MR) is 96.6 cm³/mol. The lowest BCUT2D eigenvalue weighted by Crippen LogP contribution is -2.40. The fourth-order valence-corrected chi connectivity index (χ4v) is 4.41. The van der Waals surface area contributed by atoms with E-state index in [4.69, 9.17) is 11.6 Å². The monoisotopic (exact) mass is 372 g/mol. The van der Waals surface area contributed by atoms with Crippen LogP contribution < -0.4 is 5.32 Å². The molecular formula is C17H25ClN2O3S. The number of rotatable bonds is 8. The zero-order chi connectivity index (χ0) is 17.6. The van der Waals surface area contributed by atoms with Crippen LogP contribution >= 0.6 is 11.6 Å². The van der Waals surface area contributed by atoms with Crippen molar-refractivity contribution < 1.29 is 13.2 Å². The van der Waals surface area contributed by atoms with Crippen LogP contribution in [0, 0.1) is 0 Å². The van der Waals surface area contributed by atoms with Crippen molar-refractivity contribution in [3.63, 3.8) is 0 Å². The van der Waals surface area contributed by atoms with Crippen molar-refractivity contribution in [2.24, 2.45) is 0 Å². The van der Waals surface area contributed by atoms with Gasteiger partial charge in [0, 0.05) is 30.6 Å². The summed E-state index contributed by atoms with van der Waals surface area (Å²) in [6.45, 7) is 0.791. The molecule has 2 rings (SSSR count). The molecular weight excluding hydrogens is 348 g/mol. The molecule has 0 saturated heterocycles. The van der Waals surface area contributed by atoms with Crippen LogP contribution in [0.1, 0.15) is 37.7 Å². The van der Waals surface area contributed by atoms with Crippen molar-refractivity contribution >= 4 is 27.5 Å². The molecule has 0 spiro atoms. The fourth-order valence-electron chi connectivity index (χ4n) is 3.11. The maximum absolute atomic E-state index is 12.0. The molecule has 1 N–H and O–H groups in total. The van der Waals surface area contributed by atoms with Gasteiger partial charge in [0.25, 0.3) is 0 Å². The number of hydrogen-bond donors (Lipinski definition) is 1. The zero-order valence-corrected chi connectivity index (χ0v) is 15.6. The molecule has 1 aromatic rings. The number of amides is 1. The minimum Gasteiger partial charge on any atom is -0.356 e. The van der Waals surface area contributed by atoms with Crippen molar-refractivity contribution in [3.8, 4) is 0 Å². The van der Waals surface area contributed by atoms with Gasteiger partial charge in [-0.05, 0) is 37.0 Å². The SMILES string of the molecule is CS(=O)(=O)N(CCC(=O)NCCc1ccc(Cl)cc1)C1CCCC1. The second-order valence-corrected chi connectivity index (χ2v) is 8.66. The van der Waals surface area contributed by atoms with E-state index in [1.54, 1.807) is 0 Å². The minimum atomic E-state index is -3.27. The van der Waals surface area contributed by atoms with E-state index in [-0.39, 0.29) is 24.9 Å². The summed E-state index contributed by atoms with van der Waals surface area (Å²) in [6.07, 6.45) is 6.06. The summed E-state index contributed by atoms with van der Waals surface area (Å²) < 4.78 is 25.4. The standard InChI is InChI=1S/C17H25ClN2O3S/c1-24(22,23)20(16-4-2-3-5-16)13-11-17(21)19-12-10-14-6-8-15(18)9-7-14/h6-9,16H,2-5,10-13H2,1H3,(H,19,21). The molecule has 0 atom stereocenters. The number of hydrogen-bond acceptors (Lipinski definition) is 3. The van der Waals surface area contributed by atoms with Gasteiger partial charge in [-0.2, -0.15) is 4.31 Å². The highest BCUT2D eigenvalue weighted by molar-refractivity contribution is 7.88. The summed E-state index contributed by atoms with van der Waals surface area (Å²) in [5, 5.41) is 3.54. The Morgan fingerprint density at radius 2 is 1.88 bits per heavy atom. The lowest BCUT2D eigenvalue weighted by atomic mass is 10.1. The van der Waals surface area contributed by atoms with Crippen LogP contribution in [-0.4, -0.2) is 44.0 Å². The van der Waals surface area contributed by atoms with E-state index < -0.39 is 10.0 Å². The van der Waals surface area contributed by atoms with Gasteiger partial charge < -0.3 is 5.32 Å². The summed E-state index contributed by atoms with van der Waals surface area (Å²) in [7, 11) is -3.27. The Hall–Kier alpha value is -1.11. The Morgan fingerprint density at radius 1 is 1.25 bits per heavy atom. The Balaban J connectivity index is 1.75. The molecule has 7 heteroatoms. The topological polar surface area (TPSA) is 66.5 Å². The largest absolute Gasteiger partial charge is 0.356 e. The Bertz CT molecular complexity index is 640. The van der Waals surface area contributed by atoms with Crippen LogP contribution in [0.3, 0.4) is 0 Å². The molecule has 0 bridgehead atoms. The highest BCUT2D eigenvalue weighted by Gasteiger charge is 2.29. The number of carbonyl (C=O) groups excluding carboxylic acids is 1. The number of halogens is 1. The van der Waals surface area contributed by atoms with Crippen LogP contribution in [-0.2, 0) is 21.2 Å². The quantitative estimate of drug-likeness (QED) is 0.762. The molecule has 24 heavy (non-hydrogen) atoms. The van der Waals surface area contributed by atoms with Gasteiger partial charge >= 0.3 is 0 Å². The maximum atomic E-state index is 12.0. The molecule has 0 aromatic heterocycles. The Morgan fingerprint density at radius 3 is 2.46 bits per heavy atom. The van der Waals surface area contributed by atoms with Crippen molar-refractivity contribution in [2.45, 2.75) is 44.6 Å². The summed E-state index contributed by atoms with van der Waals surface area (Å²) in [6, 6.07) is 7.57. The predicted octanol–water partition coefficient (Wildman–Crippen LogP) is 2.59. The molecule has 5 nitrogen and oxygen atoms in total. The summed E-state index contributed by atoms with van der Waals surface area (Å²) in [5.41, 5.74) is 1.10. The van der Waals surface area contributed by atoms with Gasteiger partial charge in [0.1, 0.15) is 0 Å². The van der Waals surface area contributed by atoms with E-state index in [1.807, 2.05) is 24.3 Å². The maximum Gasteiger partial charge on any atom is 0.221 e. The minimum absolute atomic E-state index is 0.0573. The summed E-state index contributed by atoms with van der Waals surface area (Å²) in [5.74, 6) is -0.115. The van der Waals surface area contributed by atoms with E-state index in [0.717, 1.165) is 37.7 Å². The van der Waals surface area contributed by atoms with Crippen LogP contribution in [0.2, 0.25) is 5.02 Å².